The number of ketones is 1. The van der Waals surface area contributed by atoms with E-state index >= 15 is 0 Å². The number of hydrogen-bond acceptors (Lipinski definition) is 4. The molecule has 1 heterocycles. The van der Waals surface area contributed by atoms with Crippen LogP contribution in [0.4, 0.5) is 0 Å². The number of rotatable bonds is 3. The SMILES string of the molecule is C=CCOC(=O)C1NCCC1=O. The summed E-state index contributed by atoms with van der Waals surface area (Å²) in [6, 6.07) is -0.745. The highest BCUT2D eigenvalue weighted by Crippen LogP contribution is 2.02. The van der Waals surface area contributed by atoms with Gasteiger partial charge in [0.15, 0.2) is 11.8 Å². The van der Waals surface area contributed by atoms with Crippen molar-refractivity contribution in [1.82, 2.24) is 5.32 Å². The highest BCUT2D eigenvalue weighted by atomic mass is 16.5. The molecule has 0 aromatic rings. The topological polar surface area (TPSA) is 55.4 Å². The average Bonchev–Trinajstić information content (AvgIpc) is 2.47. The van der Waals surface area contributed by atoms with Gasteiger partial charge in [-0.1, -0.05) is 12.7 Å². The van der Waals surface area contributed by atoms with Gasteiger partial charge in [0.2, 0.25) is 0 Å². The van der Waals surface area contributed by atoms with E-state index in [-0.39, 0.29) is 12.4 Å². The second-order valence-corrected chi connectivity index (χ2v) is 2.52. The molecular weight excluding hydrogens is 158 g/mol. The van der Waals surface area contributed by atoms with E-state index in [1.54, 1.807) is 0 Å². The Balaban J connectivity index is 2.40. The standard InChI is InChI=1S/C8H11NO3/c1-2-5-12-8(11)7-6(10)3-4-9-7/h2,7,9H,1,3-5H2. The molecule has 0 aliphatic carbocycles. The first-order chi connectivity index (χ1) is 5.75. The van der Waals surface area contributed by atoms with Gasteiger partial charge in [-0.25, -0.2) is 4.79 Å². The summed E-state index contributed by atoms with van der Waals surface area (Å²) in [6.45, 7) is 4.11. The lowest BCUT2D eigenvalue weighted by Crippen LogP contribution is -2.37. The summed E-state index contributed by atoms with van der Waals surface area (Å²) in [4.78, 5) is 22.1. The smallest absolute Gasteiger partial charge is 0.331 e. The number of nitrogens with one attached hydrogen (secondary N) is 1. The van der Waals surface area contributed by atoms with Crippen LogP contribution in [0.25, 0.3) is 0 Å². The van der Waals surface area contributed by atoms with E-state index in [1.807, 2.05) is 0 Å². The van der Waals surface area contributed by atoms with E-state index in [9.17, 15) is 9.59 Å². The zero-order valence-corrected chi connectivity index (χ0v) is 6.71. The summed E-state index contributed by atoms with van der Waals surface area (Å²) in [5.74, 6) is -0.596. The van der Waals surface area contributed by atoms with Gasteiger partial charge < -0.3 is 4.74 Å². The maximum absolute atomic E-state index is 11.1. The average molecular weight is 169 g/mol. The third kappa shape index (κ3) is 1.92. The molecule has 12 heavy (non-hydrogen) atoms. The second-order valence-electron chi connectivity index (χ2n) is 2.52. The second kappa shape index (κ2) is 4.01. The van der Waals surface area contributed by atoms with Crippen molar-refractivity contribution < 1.29 is 14.3 Å². The Kier molecular flexibility index (Phi) is 2.99. The van der Waals surface area contributed by atoms with Crippen molar-refractivity contribution in [3.63, 3.8) is 0 Å². The van der Waals surface area contributed by atoms with Crippen molar-refractivity contribution in [2.75, 3.05) is 13.2 Å². The third-order valence-corrected chi connectivity index (χ3v) is 1.62. The van der Waals surface area contributed by atoms with Gasteiger partial charge in [-0.2, -0.15) is 0 Å². The van der Waals surface area contributed by atoms with Crippen molar-refractivity contribution in [3.05, 3.63) is 12.7 Å². The summed E-state index contributed by atoms with van der Waals surface area (Å²) in [7, 11) is 0. The van der Waals surface area contributed by atoms with Gasteiger partial charge in [-0.05, 0) is 0 Å². The molecule has 1 unspecified atom stereocenters. The molecule has 1 N–H and O–H groups in total. The van der Waals surface area contributed by atoms with E-state index in [0.717, 1.165) is 0 Å². The van der Waals surface area contributed by atoms with E-state index in [1.165, 1.54) is 6.08 Å². The summed E-state index contributed by atoms with van der Waals surface area (Å²) < 4.78 is 4.71. The minimum Gasteiger partial charge on any atom is -0.460 e. The van der Waals surface area contributed by atoms with E-state index in [2.05, 4.69) is 11.9 Å². The monoisotopic (exact) mass is 169 g/mol. The molecular formula is C8H11NO3. The molecule has 1 aliphatic rings. The highest BCUT2D eigenvalue weighted by Gasteiger charge is 2.31. The Morgan fingerprint density at radius 2 is 2.58 bits per heavy atom. The molecule has 0 amide bonds. The lowest BCUT2D eigenvalue weighted by molar-refractivity contribution is -0.146. The van der Waals surface area contributed by atoms with Crippen LogP contribution in [0.5, 0.6) is 0 Å². The van der Waals surface area contributed by atoms with Crippen LogP contribution < -0.4 is 5.32 Å². The molecule has 66 valence electrons. The number of hydrogen-bond donors (Lipinski definition) is 1. The van der Waals surface area contributed by atoms with Crippen LogP contribution in [0.1, 0.15) is 6.42 Å². The summed E-state index contributed by atoms with van der Waals surface area (Å²) in [5, 5.41) is 2.76. The summed E-state index contributed by atoms with van der Waals surface area (Å²) in [6.07, 6.45) is 1.88. The summed E-state index contributed by atoms with van der Waals surface area (Å²) in [5.41, 5.74) is 0. The van der Waals surface area contributed by atoms with Gasteiger partial charge in [0.05, 0.1) is 0 Å². The lowest BCUT2D eigenvalue weighted by Gasteiger charge is -2.06. The molecule has 1 fully saturated rings. The molecule has 0 aromatic heterocycles. The van der Waals surface area contributed by atoms with Crippen LogP contribution in [0, 0.1) is 0 Å². The Morgan fingerprint density at radius 1 is 1.83 bits per heavy atom. The zero-order chi connectivity index (χ0) is 8.97. The highest BCUT2D eigenvalue weighted by molar-refractivity contribution is 6.04. The fourth-order valence-electron chi connectivity index (χ4n) is 1.04. The van der Waals surface area contributed by atoms with Crippen molar-refractivity contribution >= 4 is 11.8 Å². The van der Waals surface area contributed by atoms with Gasteiger partial charge in [0, 0.05) is 13.0 Å². The predicted octanol–water partition coefficient (Wildman–Crippen LogP) is -0.353. The van der Waals surface area contributed by atoms with Crippen LogP contribution in [0.15, 0.2) is 12.7 Å². The Hall–Kier alpha value is -1.16. The Morgan fingerprint density at radius 3 is 3.08 bits per heavy atom. The molecule has 0 spiro atoms. The quantitative estimate of drug-likeness (QED) is 0.356. The van der Waals surface area contributed by atoms with E-state index in [0.29, 0.717) is 13.0 Å². The first-order valence-corrected chi connectivity index (χ1v) is 3.79. The van der Waals surface area contributed by atoms with Gasteiger partial charge in [-0.15, -0.1) is 0 Å². The Bertz CT molecular complexity index is 212. The van der Waals surface area contributed by atoms with Crippen molar-refractivity contribution in [2.24, 2.45) is 0 Å². The van der Waals surface area contributed by atoms with E-state index in [4.69, 9.17) is 4.74 Å². The van der Waals surface area contributed by atoms with Gasteiger partial charge in [-0.3, -0.25) is 10.1 Å². The zero-order valence-electron chi connectivity index (χ0n) is 6.71. The molecule has 1 rings (SSSR count). The fourth-order valence-corrected chi connectivity index (χ4v) is 1.04. The minimum atomic E-state index is -0.745. The van der Waals surface area contributed by atoms with E-state index < -0.39 is 12.0 Å². The summed E-state index contributed by atoms with van der Waals surface area (Å²) >= 11 is 0. The maximum Gasteiger partial charge on any atom is 0.331 e. The lowest BCUT2D eigenvalue weighted by atomic mass is 10.2. The van der Waals surface area contributed by atoms with Crippen LogP contribution in [-0.2, 0) is 14.3 Å². The number of carbonyl (C=O) groups is 2. The number of carbonyl (C=O) groups excluding carboxylic acids is 2. The minimum absolute atomic E-state index is 0.0935. The molecule has 0 saturated carbocycles. The van der Waals surface area contributed by atoms with Crippen molar-refractivity contribution in [2.45, 2.75) is 12.5 Å². The van der Waals surface area contributed by atoms with Crippen LogP contribution in [-0.4, -0.2) is 30.9 Å². The largest absolute Gasteiger partial charge is 0.460 e. The molecule has 1 saturated heterocycles. The van der Waals surface area contributed by atoms with Crippen molar-refractivity contribution in [1.29, 1.82) is 0 Å². The molecule has 1 atom stereocenters. The van der Waals surface area contributed by atoms with Crippen molar-refractivity contribution in [3.8, 4) is 0 Å². The first-order valence-electron chi connectivity index (χ1n) is 3.79. The number of ether oxygens (including phenoxy) is 1. The fraction of sp³-hybridized carbons (Fsp3) is 0.500. The van der Waals surface area contributed by atoms with Gasteiger partial charge >= 0.3 is 5.97 Å². The third-order valence-electron chi connectivity index (χ3n) is 1.62. The number of Topliss-reactive ketones (excluding diaryl/α,β-unsaturated/α-hetero) is 1. The number of esters is 1. The molecule has 4 heteroatoms. The van der Waals surface area contributed by atoms with Crippen LogP contribution in [0.3, 0.4) is 0 Å². The van der Waals surface area contributed by atoms with Gasteiger partial charge in [0.25, 0.3) is 0 Å². The molecule has 0 aromatic carbocycles. The molecule has 0 radical (unpaired) electrons. The molecule has 4 nitrogen and oxygen atoms in total. The van der Waals surface area contributed by atoms with Crippen LogP contribution in [0.2, 0.25) is 0 Å². The first kappa shape index (κ1) is 8.93. The molecule has 0 bridgehead atoms. The predicted molar refractivity (Wildman–Crippen MR) is 42.6 cm³/mol. The normalized spacial score (nSPS) is 22.3. The Labute approximate surface area is 70.6 Å². The maximum atomic E-state index is 11.1. The van der Waals surface area contributed by atoms with Gasteiger partial charge in [0.1, 0.15) is 6.61 Å². The molecule has 1 aliphatic heterocycles. The van der Waals surface area contributed by atoms with Crippen LogP contribution >= 0.6 is 0 Å².